The van der Waals surface area contributed by atoms with Gasteiger partial charge in [-0.1, -0.05) is 121 Å². The Morgan fingerprint density at radius 2 is 0.978 bits per heavy atom. The lowest BCUT2D eigenvalue weighted by molar-refractivity contribution is 0.673. The Balaban J connectivity index is 1.33. The number of aromatic nitrogens is 4. The van der Waals surface area contributed by atoms with Gasteiger partial charge in [-0.25, -0.2) is 4.98 Å². The van der Waals surface area contributed by atoms with Crippen molar-refractivity contribution >= 4 is 65.3 Å². The Morgan fingerprint density at radius 3 is 1.67 bits per heavy atom. The maximum atomic E-state index is 6.54. The van der Waals surface area contributed by atoms with Crippen LogP contribution in [0.15, 0.2) is 150 Å². The molecular formula is C41H24N4O. The highest BCUT2D eigenvalue weighted by Crippen LogP contribution is 2.40. The third kappa shape index (κ3) is 3.60. The van der Waals surface area contributed by atoms with Gasteiger partial charge in [-0.15, -0.1) is 0 Å². The van der Waals surface area contributed by atoms with Gasteiger partial charge in [0, 0.05) is 27.3 Å². The van der Waals surface area contributed by atoms with Gasteiger partial charge in [0.2, 0.25) is 5.95 Å². The highest BCUT2D eigenvalue weighted by Gasteiger charge is 2.22. The zero-order valence-corrected chi connectivity index (χ0v) is 24.6. The fraction of sp³-hybridized carbons (Fsp3) is 0. The van der Waals surface area contributed by atoms with E-state index < -0.39 is 0 Å². The van der Waals surface area contributed by atoms with Crippen LogP contribution >= 0.6 is 0 Å². The van der Waals surface area contributed by atoms with Gasteiger partial charge in [-0.3, -0.25) is 4.57 Å². The number of para-hydroxylation sites is 2. The van der Waals surface area contributed by atoms with Gasteiger partial charge in [0.05, 0.1) is 16.4 Å². The Labute approximate surface area is 263 Å². The van der Waals surface area contributed by atoms with E-state index in [9.17, 15) is 0 Å². The number of fused-ring (bicyclic) bond motifs is 9. The second-order valence-corrected chi connectivity index (χ2v) is 11.6. The second kappa shape index (κ2) is 9.58. The molecule has 0 saturated heterocycles. The van der Waals surface area contributed by atoms with Crippen molar-refractivity contribution in [3.8, 4) is 28.7 Å². The predicted octanol–water partition coefficient (Wildman–Crippen LogP) is 10.5. The summed E-state index contributed by atoms with van der Waals surface area (Å²) in [5.41, 5.74) is 5.65. The van der Waals surface area contributed by atoms with Crippen molar-refractivity contribution in [1.29, 1.82) is 0 Å². The zero-order chi connectivity index (χ0) is 30.2. The van der Waals surface area contributed by atoms with E-state index >= 15 is 0 Å². The van der Waals surface area contributed by atoms with Crippen molar-refractivity contribution in [2.24, 2.45) is 0 Å². The molecule has 0 spiro atoms. The monoisotopic (exact) mass is 588 g/mol. The summed E-state index contributed by atoms with van der Waals surface area (Å²) in [6.45, 7) is 0. The van der Waals surface area contributed by atoms with Crippen LogP contribution < -0.4 is 0 Å². The third-order valence-corrected chi connectivity index (χ3v) is 9.06. The summed E-state index contributed by atoms with van der Waals surface area (Å²) in [5.74, 6) is 1.81. The van der Waals surface area contributed by atoms with E-state index in [2.05, 4.69) is 138 Å². The van der Waals surface area contributed by atoms with Crippen LogP contribution in [0.5, 0.6) is 0 Å². The van der Waals surface area contributed by atoms with E-state index in [4.69, 9.17) is 19.4 Å². The average Bonchev–Trinajstić information content (AvgIpc) is 3.67. The van der Waals surface area contributed by atoms with Crippen molar-refractivity contribution in [3.63, 3.8) is 0 Å². The van der Waals surface area contributed by atoms with E-state index in [1.54, 1.807) is 0 Å². The molecule has 0 unspecified atom stereocenters. The van der Waals surface area contributed by atoms with Crippen molar-refractivity contribution in [3.05, 3.63) is 146 Å². The first-order valence-electron chi connectivity index (χ1n) is 15.4. The normalized spacial score (nSPS) is 11.9. The molecule has 0 amide bonds. The van der Waals surface area contributed by atoms with E-state index in [0.29, 0.717) is 17.6 Å². The molecule has 3 aromatic heterocycles. The van der Waals surface area contributed by atoms with Crippen molar-refractivity contribution in [2.45, 2.75) is 0 Å². The Hall–Kier alpha value is -6.33. The molecule has 0 aliphatic carbocycles. The first kappa shape index (κ1) is 25.0. The van der Waals surface area contributed by atoms with Crippen LogP contribution in [-0.2, 0) is 0 Å². The smallest absolute Gasteiger partial charge is 0.238 e. The minimum atomic E-state index is 0.558. The molecule has 0 fully saturated rings. The fourth-order valence-corrected chi connectivity index (χ4v) is 7.00. The van der Waals surface area contributed by atoms with Gasteiger partial charge >= 0.3 is 0 Å². The van der Waals surface area contributed by atoms with Crippen LogP contribution in [0, 0.1) is 0 Å². The largest absolute Gasteiger partial charge is 0.455 e. The lowest BCUT2D eigenvalue weighted by Crippen LogP contribution is -2.06. The molecule has 0 atom stereocenters. The van der Waals surface area contributed by atoms with Gasteiger partial charge in [0.15, 0.2) is 11.6 Å². The number of hydrogen-bond donors (Lipinski definition) is 0. The van der Waals surface area contributed by atoms with Crippen molar-refractivity contribution in [2.75, 3.05) is 0 Å². The molecule has 0 N–H and O–H groups in total. The molecule has 5 heteroatoms. The topological polar surface area (TPSA) is 56.7 Å². The number of benzene rings is 7. The zero-order valence-electron chi connectivity index (χ0n) is 24.6. The minimum absolute atomic E-state index is 0.558. The summed E-state index contributed by atoms with van der Waals surface area (Å²) in [6, 6.07) is 50.3. The lowest BCUT2D eigenvalue weighted by Gasteiger charge is -2.13. The first-order valence-corrected chi connectivity index (χ1v) is 15.4. The van der Waals surface area contributed by atoms with Crippen molar-refractivity contribution in [1.82, 2.24) is 19.5 Å². The molecule has 0 aliphatic heterocycles. The lowest BCUT2D eigenvalue weighted by atomic mass is 10.0. The van der Waals surface area contributed by atoms with E-state index in [-0.39, 0.29) is 0 Å². The molecule has 0 aliphatic rings. The summed E-state index contributed by atoms with van der Waals surface area (Å²) in [6.07, 6.45) is 0. The van der Waals surface area contributed by atoms with Gasteiger partial charge < -0.3 is 4.42 Å². The summed E-state index contributed by atoms with van der Waals surface area (Å²) in [5, 5.41) is 8.79. The summed E-state index contributed by atoms with van der Waals surface area (Å²) < 4.78 is 8.69. The summed E-state index contributed by atoms with van der Waals surface area (Å²) in [7, 11) is 0. The molecule has 7 aromatic carbocycles. The van der Waals surface area contributed by atoms with E-state index in [1.807, 2.05) is 12.1 Å². The third-order valence-electron chi connectivity index (χ3n) is 9.06. The SMILES string of the molecule is c1ccc2c(-c3nc(-c4cccc5ccccc45)nc(-n4c5ccccc5c5c6oc7ccccc7c6ccc54)n3)cccc2c1. The highest BCUT2D eigenvalue weighted by molar-refractivity contribution is 6.23. The standard InChI is InChI=1S/C41H24N4O/c1-3-15-27-25(11-1)13-9-19-31(27)39-42-40(32-20-10-14-26-12-2-4-16-28(26)32)44-41(43-39)45-34-21-7-5-18-33(34)37-35(45)24-23-30-29-17-6-8-22-36(29)46-38(30)37/h1-24H. The number of hydrogen-bond acceptors (Lipinski definition) is 4. The van der Waals surface area contributed by atoms with Gasteiger partial charge in [-0.2, -0.15) is 9.97 Å². The number of rotatable bonds is 3. The number of nitrogens with zero attached hydrogens (tertiary/aromatic N) is 4. The van der Waals surface area contributed by atoms with Gasteiger partial charge in [-0.05, 0) is 45.8 Å². The van der Waals surface area contributed by atoms with Crippen LogP contribution in [0.1, 0.15) is 0 Å². The van der Waals surface area contributed by atoms with Crippen LogP contribution in [0.2, 0.25) is 0 Å². The molecule has 3 heterocycles. The molecule has 0 bridgehead atoms. The molecule has 214 valence electrons. The highest BCUT2D eigenvalue weighted by atomic mass is 16.3. The molecule has 46 heavy (non-hydrogen) atoms. The van der Waals surface area contributed by atoms with Gasteiger partial charge in [0.25, 0.3) is 0 Å². The maximum absolute atomic E-state index is 6.54. The van der Waals surface area contributed by atoms with Crippen LogP contribution in [0.3, 0.4) is 0 Å². The fourth-order valence-electron chi connectivity index (χ4n) is 7.00. The molecule has 0 saturated carbocycles. The first-order chi connectivity index (χ1) is 22.8. The van der Waals surface area contributed by atoms with Crippen LogP contribution in [0.4, 0.5) is 0 Å². The van der Waals surface area contributed by atoms with E-state index in [1.165, 1.54) is 0 Å². The maximum Gasteiger partial charge on any atom is 0.238 e. The molecule has 0 radical (unpaired) electrons. The molecule has 10 rings (SSSR count). The molecule has 10 aromatic rings. The Morgan fingerprint density at radius 1 is 0.413 bits per heavy atom. The minimum Gasteiger partial charge on any atom is -0.455 e. The predicted molar refractivity (Wildman–Crippen MR) is 187 cm³/mol. The molecule has 5 nitrogen and oxygen atoms in total. The Bertz CT molecular complexity index is 2720. The number of furan rings is 1. The molecular weight excluding hydrogens is 564 g/mol. The summed E-state index contributed by atoms with van der Waals surface area (Å²) in [4.78, 5) is 15.6. The van der Waals surface area contributed by atoms with E-state index in [0.717, 1.165) is 76.4 Å². The summed E-state index contributed by atoms with van der Waals surface area (Å²) >= 11 is 0. The Kier molecular flexibility index (Phi) is 5.22. The van der Waals surface area contributed by atoms with Crippen molar-refractivity contribution < 1.29 is 4.42 Å². The second-order valence-electron chi connectivity index (χ2n) is 11.6. The average molecular weight is 589 g/mol. The quantitative estimate of drug-likeness (QED) is 0.206. The van der Waals surface area contributed by atoms with Crippen LogP contribution in [0.25, 0.3) is 94.0 Å². The van der Waals surface area contributed by atoms with Gasteiger partial charge in [0.1, 0.15) is 11.2 Å². The van der Waals surface area contributed by atoms with Crippen LogP contribution in [-0.4, -0.2) is 19.5 Å².